The molecule has 0 aliphatic carbocycles. The molecule has 0 amide bonds. The first-order valence-electron chi connectivity index (χ1n) is 8.43. The zero-order chi connectivity index (χ0) is 16.4. The van der Waals surface area contributed by atoms with Gasteiger partial charge in [-0.2, -0.15) is 0 Å². The Morgan fingerprint density at radius 2 is 1.70 bits per heavy atom. The summed E-state index contributed by atoms with van der Waals surface area (Å²) in [4.78, 5) is 7.15. The molecule has 1 aromatic rings. The fourth-order valence-corrected chi connectivity index (χ4v) is 2.55. The first-order valence-corrected chi connectivity index (χ1v) is 8.43. The van der Waals surface area contributed by atoms with Gasteiger partial charge in [0.05, 0.1) is 6.54 Å². The lowest BCUT2D eigenvalue weighted by atomic mass is 10.2. The third kappa shape index (κ3) is 9.20. The van der Waals surface area contributed by atoms with Crippen molar-refractivity contribution in [3.05, 3.63) is 24.5 Å². The van der Waals surface area contributed by atoms with Crippen LogP contribution in [-0.2, 0) is 6.54 Å². The minimum atomic E-state index is 0. The highest BCUT2D eigenvalue weighted by molar-refractivity contribution is 14.0. The van der Waals surface area contributed by atoms with E-state index in [2.05, 4.69) is 72.1 Å². The highest BCUT2D eigenvalue weighted by Gasteiger charge is 2.12. The van der Waals surface area contributed by atoms with Gasteiger partial charge in [0.1, 0.15) is 0 Å². The summed E-state index contributed by atoms with van der Waals surface area (Å²) in [6.07, 6.45) is 4.16. The normalized spacial score (nSPS) is 11.9. The first-order chi connectivity index (χ1) is 10.5. The second kappa shape index (κ2) is 12.6. The van der Waals surface area contributed by atoms with Crippen LogP contribution < -0.4 is 10.6 Å². The van der Waals surface area contributed by atoms with Gasteiger partial charge in [-0.1, -0.05) is 0 Å². The van der Waals surface area contributed by atoms with Gasteiger partial charge in [-0.25, -0.2) is 0 Å². The lowest BCUT2D eigenvalue weighted by Crippen LogP contribution is -2.41. The van der Waals surface area contributed by atoms with Gasteiger partial charge < -0.3 is 15.2 Å². The van der Waals surface area contributed by atoms with Gasteiger partial charge in [0.15, 0.2) is 5.96 Å². The predicted molar refractivity (Wildman–Crippen MR) is 111 cm³/mol. The van der Waals surface area contributed by atoms with Crippen molar-refractivity contribution in [2.24, 2.45) is 4.99 Å². The summed E-state index contributed by atoms with van der Waals surface area (Å²) in [5.74, 6) is 0.905. The summed E-state index contributed by atoms with van der Waals surface area (Å²) < 4.78 is 2.16. The summed E-state index contributed by atoms with van der Waals surface area (Å²) in [6, 6.07) is 5.20. The Morgan fingerprint density at radius 3 is 2.22 bits per heavy atom. The average molecular weight is 435 g/mol. The molecule has 2 N–H and O–H groups in total. The van der Waals surface area contributed by atoms with Crippen LogP contribution in [0, 0.1) is 0 Å². The zero-order valence-corrected chi connectivity index (χ0v) is 17.6. The van der Waals surface area contributed by atoms with Gasteiger partial charge in [-0.3, -0.25) is 9.89 Å². The van der Waals surface area contributed by atoms with Crippen LogP contribution in [0.5, 0.6) is 0 Å². The second-order valence-electron chi connectivity index (χ2n) is 6.03. The average Bonchev–Trinajstić information content (AvgIpc) is 2.95. The number of hydrogen-bond donors (Lipinski definition) is 2. The lowest BCUT2D eigenvalue weighted by molar-refractivity contribution is 0.181. The molecule has 1 rings (SSSR count). The summed E-state index contributed by atoms with van der Waals surface area (Å²) >= 11 is 0. The standard InChI is InChI=1S/C17H33N5.HI/c1-6-18-17(19-9-13-21-11-7-8-12-21)20-10-14-22(15(2)3)16(4)5;/h7-8,11-12,15-16H,6,9-10,13-14H2,1-5H3,(H2,18,19,20);1H. The lowest BCUT2D eigenvalue weighted by Gasteiger charge is -2.29. The highest BCUT2D eigenvalue weighted by Crippen LogP contribution is 2.03. The van der Waals surface area contributed by atoms with Crippen molar-refractivity contribution < 1.29 is 0 Å². The molecule has 0 radical (unpaired) electrons. The molecule has 0 atom stereocenters. The third-order valence-corrected chi connectivity index (χ3v) is 3.63. The molecule has 0 aromatic carbocycles. The fraction of sp³-hybridized carbons (Fsp3) is 0.706. The third-order valence-electron chi connectivity index (χ3n) is 3.63. The van der Waals surface area contributed by atoms with E-state index in [4.69, 9.17) is 0 Å². The molecule has 0 fully saturated rings. The molecule has 134 valence electrons. The molecular formula is C17H34IN5. The van der Waals surface area contributed by atoms with Gasteiger partial charge in [-0.15, -0.1) is 24.0 Å². The van der Waals surface area contributed by atoms with E-state index in [1.807, 2.05) is 12.1 Å². The maximum Gasteiger partial charge on any atom is 0.191 e. The number of hydrogen-bond acceptors (Lipinski definition) is 2. The number of guanidine groups is 1. The van der Waals surface area contributed by atoms with E-state index < -0.39 is 0 Å². The molecule has 0 saturated carbocycles. The Balaban J connectivity index is 0.00000484. The SMILES string of the molecule is CCNC(=NCCN(C(C)C)C(C)C)NCCn1cccc1.I. The van der Waals surface area contributed by atoms with Crippen LogP contribution in [-0.4, -0.2) is 53.7 Å². The van der Waals surface area contributed by atoms with E-state index in [0.717, 1.165) is 38.7 Å². The summed E-state index contributed by atoms with van der Waals surface area (Å²) in [6.45, 7) is 15.6. The van der Waals surface area contributed by atoms with Crippen LogP contribution in [0.4, 0.5) is 0 Å². The molecule has 1 aromatic heterocycles. The van der Waals surface area contributed by atoms with Crippen LogP contribution in [0.1, 0.15) is 34.6 Å². The van der Waals surface area contributed by atoms with E-state index in [1.165, 1.54) is 0 Å². The molecule has 23 heavy (non-hydrogen) atoms. The molecule has 0 unspecified atom stereocenters. The van der Waals surface area contributed by atoms with E-state index in [-0.39, 0.29) is 24.0 Å². The topological polar surface area (TPSA) is 44.6 Å². The molecule has 6 heteroatoms. The zero-order valence-electron chi connectivity index (χ0n) is 15.2. The summed E-state index contributed by atoms with van der Waals surface area (Å²) in [5.41, 5.74) is 0. The molecular weight excluding hydrogens is 401 g/mol. The molecule has 0 aliphatic heterocycles. The fourth-order valence-electron chi connectivity index (χ4n) is 2.55. The van der Waals surface area contributed by atoms with Gasteiger partial charge in [-0.05, 0) is 46.8 Å². The van der Waals surface area contributed by atoms with Crippen LogP contribution in [0.25, 0.3) is 0 Å². The van der Waals surface area contributed by atoms with Gasteiger partial charge in [0.2, 0.25) is 0 Å². The number of halogens is 1. The maximum atomic E-state index is 4.68. The van der Waals surface area contributed by atoms with E-state index in [1.54, 1.807) is 0 Å². The van der Waals surface area contributed by atoms with Crippen molar-refractivity contribution >= 4 is 29.9 Å². The smallest absolute Gasteiger partial charge is 0.191 e. The minimum absolute atomic E-state index is 0. The number of nitrogens with one attached hydrogen (secondary N) is 2. The Bertz CT molecular complexity index is 407. The van der Waals surface area contributed by atoms with Crippen LogP contribution in [0.15, 0.2) is 29.5 Å². The molecule has 5 nitrogen and oxygen atoms in total. The second-order valence-corrected chi connectivity index (χ2v) is 6.03. The van der Waals surface area contributed by atoms with Crippen molar-refractivity contribution in [2.45, 2.75) is 53.2 Å². The van der Waals surface area contributed by atoms with Crippen LogP contribution in [0.3, 0.4) is 0 Å². The van der Waals surface area contributed by atoms with Crippen molar-refractivity contribution in [3.8, 4) is 0 Å². The van der Waals surface area contributed by atoms with Gasteiger partial charge in [0, 0.05) is 50.7 Å². The Kier molecular flexibility index (Phi) is 12.2. The monoisotopic (exact) mass is 435 g/mol. The maximum absolute atomic E-state index is 4.68. The van der Waals surface area contributed by atoms with Crippen molar-refractivity contribution in [2.75, 3.05) is 26.2 Å². The minimum Gasteiger partial charge on any atom is -0.357 e. The largest absolute Gasteiger partial charge is 0.357 e. The number of aliphatic imine (C=N–C) groups is 1. The predicted octanol–water partition coefficient (Wildman–Crippen LogP) is 2.78. The Morgan fingerprint density at radius 1 is 1.09 bits per heavy atom. The molecule has 0 aliphatic rings. The quantitative estimate of drug-likeness (QED) is 0.356. The van der Waals surface area contributed by atoms with E-state index in [0.29, 0.717) is 12.1 Å². The molecule has 1 heterocycles. The van der Waals surface area contributed by atoms with Crippen molar-refractivity contribution in [1.82, 2.24) is 20.1 Å². The Hall–Kier alpha value is -0.760. The van der Waals surface area contributed by atoms with Crippen LogP contribution in [0.2, 0.25) is 0 Å². The van der Waals surface area contributed by atoms with Crippen molar-refractivity contribution in [3.63, 3.8) is 0 Å². The number of aromatic nitrogens is 1. The van der Waals surface area contributed by atoms with Crippen LogP contribution >= 0.6 is 24.0 Å². The van der Waals surface area contributed by atoms with Gasteiger partial charge >= 0.3 is 0 Å². The number of nitrogens with zero attached hydrogens (tertiary/aromatic N) is 3. The van der Waals surface area contributed by atoms with E-state index >= 15 is 0 Å². The summed E-state index contributed by atoms with van der Waals surface area (Å²) in [7, 11) is 0. The molecule has 0 spiro atoms. The van der Waals surface area contributed by atoms with Crippen molar-refractivity contribution in [1.29, 1.82) is 0 Å². The van der Waals surface area contributed by atoms with Gasteiger partial charge in [0.25, 0.3) is 0 Å². The molecule has 0 saturated heterocycles. The Labute approximate surface area is 158 Å². The first kappa shape index (κ1) is 22.2. The molecule has 0 bridgehead atoms. The number of rotatable bonds is 9. The van der Waals surface area contributed by atoms with E-state index in [9.17, 15) is 0 Å². The summed E-state index contributed by atoms with van der Waals surface area (Å²) in [5, 5.41) is 6.70. The highest BCUT2D eigenvalue weighted by atomic mass is 127.